The smallest absolute Gasteiger partial charge is 0.159 e. The van der Waals surface area contributed by atoms with E-state index in [-0.39, 0.29) is 0 Å². The predicted octanol–water partition coefficient (Wildman–Crippen LogP) is 2.77. The number of fused-ring (bicyclic) bond motifs is 1. The van der Waals surface area contributed by atoms with Crippen molar-refractivity contribution in [2.45, 2.75) is 13.3 Å². The first kappa shape index (κ1) is 11.4. The fourth-order valence-electron chi connectivity index (χ4n) is 2.23. The maximum atomic E-state index is 9.02. The molecule has 0 spiro atoms. The van der Waals surface area contributed by atoms with Crippen molar-refractivity contribution in [2.75, 3.05) is 0 Å². The summed E-state index contributed by atoms with van der Waals surface area (Å²) in [7, 11) is 0. The van der Waals surface area contributed by atoms with Crippen molar-refractivity contribution in [2.24, 2.45) is 0 Å². The predicted molar refractivity (Wildman–Crippen MR) is 72.5 cm³/mol. The zero-order chi connectivity index (χ0) is 13.2. The van der Waals surface area contributed by atoms with E-state index in [1.807, 2.05) is 43.5 Å². The van der Waals surface area contributed by atoms with Gasteiger partial charge in [-0.05, 0) is 18.6 Å². The van der Waals surface area contributed by atoms with Crippen molar-refractivity contribution in [1.82, 2.24) is 14.6 Å². The number of hydrogen-bond acceptors (Lipinski definition) is 3. The van der Waals surface area contributed by atoms with E-state index in [2.05, 4.69) is 16.2 Å². The van der Waals surface area contributed by atoms with Crippen LogP contribution in [0.15, 0.2) is 42.7 Å². The first-order valence-corrected chi connectivity index (χ1v) is 6.06. The van der Waals surface area contributed by atoms with Crippen molar-refractivity contribution >= 4 is 5.65 Å². The number of benzene rings is 1. The molecule has 19 heavy (non-hydrogen) atoms. The summed E-state index contributed by atoms with van der Waals surface area (Å²) >= 11 is 0. The lowest BCUT2D eigenvalue weighted by atomic mass is 10.0. The van der Waals surface area contributed by atoms with Gasteiger partial charge in [-0.15, -0.1) is 0 Å². The molecule has 0 saturated heterocycles. The van der Waals surface area contributed by atoms with Crippen LogP contribution in [-0.2, 0) is 6.42 Å². The van der Waals surface area contributed by atoms with Gasteiger partial charge in [-0.3, -0.25) is 0 Å². The molecule has 0 radical (unpaired) electrons. The van der Waals surface area contributed by atoms with Crippen LogP contribution in [0.1, 0.15) is 11.1 Å². The van der Waals surface area contributed by atoms with Gasteiger partial charge in [-0.2, -0.15) is 10.4 Å². The highest BCUT2D eigenvalue weighted by Crippen LogP contribution is 2.27. The monoisotopic (exact) mass is 248 g/mol. The first-order chi connectivity index (χ1) is 9.31. The van der Waals surface area contributed by atoms with E-state index in [9.17, 15) is 0 Å². The normalized spacial score (nSPS) is 10.5. The van der Waals surface area contributed by atoms with Crippen LogP contribution in [0.25, 0.3) is 16.9 Å². The van der Waals surface area contributed by atoms with Crippen molar-refractivity contribution in [1.29, 1.82) is 5.26 Å². The summed E-state index contributed by atoms with van der Waals surface area (Å²) in [5.41, 5.74) is 4.68. The average molecular weight is 248 g/mol. The molecule has 4 heteroatoms. The van der Waals surface area contributed by atoms with Crippen molar-refractivity contribution in [3.8, 4) is 17.3 Å². The maximum Gasteiger partial charge on any atom is 0.159 e. The molecule has 1 aromatic carbocycles. The van der Waals surface area contributed by atoms with Crippen LogP contribution < -0.4 is 0 Å². The van der Waals surface area contributed by atoms with Crippen molar-refractivity contribution in [3.05, 3.63) is 53.9 Å². The Morgan fingerprint density at radius 1 is 1.26 bits per heavy atom. The third kappa shape index (κ3) is 1.85. The minimum atomic E-state index is 0.310. The number of rotatable bonds is 2. The lowest BCUT2D eigenvalue weighted by Gasteiger charge is -2.03. The van der Waals surface area contributed by atoms with E-state index < -0.39 is 0 Å². The van der Waals surface area contributed by atoms with Crippen molar-refractivity contribution < 1.29 is 0 Å². The van der Waals surface area contributed by atoms with Gasteiger partial charge in [0.15, 0.2) is 5.65 Å². The van der Waals surface area contributed by atoms with Crippen LogP contribution in [0.2, 0.25) is 0 Å². The van der Waals surface area contributed by atoms with Gasteiger partial charge in [0.2, 0.25) is 0 Å². The minimum Gasteiger partial charge on any atom is -0.237 e. The van der Waals surface area contributed by atoms with Gasteiger partial charge >= 0.3 is 0 Å². The second-order valence-electron chi connectivity index (χ2n) is 4.36. The summed E-state index contributed by atoms with van der Waals surface area (Å²) in [6.45, 7) is 2.04. The summed E-state index contributed by atoms with van der Waals surface area (Å²) < 4.78 is 1.73. The molecule has 0 bridgehead atoms. The fourth-order valence-corrected chi connectivity index (χ4v) is 2.23. The highest BCUT2D eigenvalue weighted by atomic mass is 15.2. The molecule has 0 aliphatic heterocycles. The van der Waals surface area contributed by atoms with Gasteiger partial charge in [0.25, 0.3) is 0 Å². The molecule has 2 heterocycles. The second kappa shape index (κ2) is 4.54. The van der Waals surface area contributed by atoms with Crippen molar-refractivity contribution in [3.63, 3.8) is 0 Å². The molecule has 3 rings (SSSR count). The summed E-state index contributed by atoms with van der Waals surface area (Å²) in [4.78, 5) is 4.32. The molecule has 0 amide bonds. The lowest BCUT2D eigenvalue weighted by Crippen LogP contribution is -1.89. The zero-order valence-corrected chi connectivity index (χ0v) is 10.5. The molecule has 92 valence electrons. The Balaban J connectivity index is 2.32. The SMILES string of the molecule is Cc1ccccc1-c1nn2cccnc2c1CC#N. The molecule has 0 saturated carbocycles. The molecule has 0 N–H and O–H groups in total. The molecule has 0 atom stereocenters. The van der Waals surface area contributed by atoms with E-state index >= 15 is 0 Å². The Labute approximate surface area is 111 Å². The number of aryl methyl sites for hydroxylation is 1. The van der Waals surface area contributed by atoms with Gasteiger partial charge in [0.05, 0.1) is 18.2 Å². The van der Waals surface area contributed by atoms with Crippen LogP contribution in [0.5, 0.6) is 0 Å². The number of nitriles is 1. The van der Waals surface area contributed by atoms with Gasteiger partial charge < -0.3 is 0 Å². The quantitative estimate of drug-likeness (QED) is 0.700. The van der Waals surface area contributed by atoms with Crippen LogP contribution in [0, 0.1) is 18.3 Å². The van der Waals surface area contributed by atoms with E-state index in [1.54, 1.807) is 10.7 Å². The summed E-state index contributed by atoms with van der Waals surface area (Å²) in [6.07, 6.45) is 3.88. The van der Waals surface area contributed by atoms with E-state index in [1.165, 1.54) is 0 Å². The summed E-state index contributed by atoms with van der Waals surface area (Å²) in [5, 5.41) is 13.6. The first-order valence-electron chi connectivity index (χ1n) is 6.06. The van der Waals surface area contributed by atoms with Crippen LogP contribution in [0.4, 0.5) is 0 Å². The van der Waals surface area contributed by atoms with Crippen LogP contribution in [-0.4, -0.2) is 14.6 Å². The van der Waals surface area contributed by atoms with Gasteiger partial charge in [-0.25, -0.2) is 9.50 Å². The Bertz CT molecular complexity index is 780. The van der Waals surface area contributed by atoms with E-state index in [4.69, 9.17) is 5.26 Å². The van der Waals surface area contributed by atoms with E-state index in [0.29, 0.717) is 6.42 Å². The number of hydrogen-bond donors (Lipinski definition) is 0. The topological polar surface area (TPSA) is 54.0 Å². The molecule has 0 fully saturated rings. The molecule has 0 unspecified atom stereocenters. The minimum absolute atomic E-state index is 0.310. The molecule has 2 aromatic heterocycles. The highest BCUT2D eigenvalue weighted by molar-refractivity contribution is 5.73. The summed E-state index contributed by atoms with van der Waals surface area (Å²) in [6, 6.07) is 12.1. The molecule has 0 aliphatic carbocycles. The van der Waals surface area contributed by atoms with Gasteiger partial charge in [-0.1, -0.05) is 24.3 Å². The van der Waals surface area contributed by atoms with Crippen LogP contribution >= 0.6 is 0 Å². The van der Waals surface area contributed by atoms with Gasteiger partial charge in [0, 0.05) is 23.5 Å². The third-order valence-corrected chi connectivity index (χ3v) is 3.15. The Hall–Kier alpha value is -2.67. The third-order valence-electron chi connectivity index (χ3n) is 3.15. The molecule has 4 nitrogen and oxygen atoms in total. The van der Waals surface area contributed by atoms with Gasteiger partial charge in [0.1, 0.15) is 0 Å². The summed E-state index contributed by atoms with van der Waals surface area (Å²) in [5.74, 6) is 0. The maximum absolute atomic E-state index is 9.02. The largest absolute Gasteiger partial charge is 0.237 e. The Kier molecular flexibility index (Phi) is 2.73. The Morgan fingerprint density at radius 2 is 2.11 bits per heavy atom. The average Bonchev–Trinajstić information content (AvgIpc) is 2.79. The fraction of sp³-hybridized carbons (Fsp3) is 0.133. The number of aromatic nitrogens is 3. The van der Waals surface area contributed by atoms with E-state index in [0.717, 1.165) is 28.0 Å². The molecule has 3 aromatic rings. The van der Waals surface area contributed by atoms with Crippen LogP contribution in [0.3, 0.4) is 0 Å². The Morgan fingerprint density at radius 3 is 2.89 bits per heavy atom. The molecular formula is C15H12N4. The lowest BCUT2D eigenvalue weighted by molar-refractivity contribution is 0.942. The second-order valence-corrected chi connectivity index (χ2v) is 4.36. The number of nitrogens with zero attached hydrogens (tertiary/aromatic N) is 4. The zero-order valence-electron chi connectivity index (χ0n) is 10.5. The standard InChI is InChI=1S/C15H12N4/c1-11-5-2-3-6-12(11)14-13(7-8-16)15-17-9-4-10-19(15)18-14/h2-6,9-10H,7H2,1H3. The molecular weight excluding hydrogens is 236 g/mol. The highest BCUT2D eigenvalue weighted by Gasteiger charge is 2.16. The molecule has 0 aliphatic rings.